The average Bonchev–Trinajstić information content (AvgIpc) is 2.20. The summed E-state index contributed by atoms with van der Waals surface area (Å²) in [5, 5.41) is 40.7. The molecule has 1 aromatic carbocycles. The zero-order valence-corrected chi connectivity index (χ0v) is 12.0. The Bertz CT molecular complexity index is 428. The molecule has 0 aliphatic heterocycles. The number of hydrogen-bond acceptors (Lipinski definition) is 7. The summed E-state index contributed by atoms with van der Waals surface area (Å²) in [6.07, 6.45) is 0. The van der Waals surface area contributed by atoms with Gasteiger partial charge in [-0.25, -0.2) is 0 Å². The van der Waals surface area contributed by atoms with E-state index >= 15 is 0 Å². The van der Waals surface area contributed by atoms with E-state index in [-0.39, 0.29) is 11.4 Å². The highest BCUT2D eigenvalue weighted by molar-refractivity contribution is 6.30. The first kappa shape index (κ1) is 18.5. The van der Waals surface area contributed by atoms with Crippen molar-refractivity contribution in [3.05, 3.63) is 18.2 Å². The molecule has 0 unspecified atom stereocenters. The summed E-state index contributed by atoms with van der Waals surface area (Å²) in [6.45, 7) is 6.93. The van der Waals surface area contributed by atoms with Crippen LogP contribution in [0.3, 0.4) is 0 Å². The molecule has 7 nitrogen and oxygen atoms in total. The molecule has 8 heteroatoms. The first-order chi connectivity index (χ1) is 8.86. The highest BCUT2D eigenvalue weighted by atomic mass is 16.5. The normalized spacial score (nSPS) is 11.4. The number of nitrogen functional groups attached to an aromatic ring is 1. The van der Waals surface area contributed by atoms with Gasteiger partial charge in [-0.2, -0.15) is 0 Å². The average molecular weight is 287 g/mol. The highest BCUT2D eigenvalue weighted by Gasteiger charge is 2.37. The number of phenolic OH excluding ortho intramolecular Hbond substituents is 1. The molecule has 0 radical (unpaired) electrons. The van der Waals surface area contributed by atoms with Crippen molar-refractivity contribution >= 4 is 13.0 Å². The fourth-order valence-corrected chi connectivity index (χ4v) is 1.02. The SMILES string of the molecule is CC(C)(O)C(C)(C)Oc1ccc(O)c(N)c1.OB(O)O. The van der Waals surface area contributed by atoms with Crippen molar-refractivity contribution in [1.82, 2.24) is 0 Å². The van der Waals surface area contributed by atoms with Crippen molar-refractivity contribution < 1.29 is 30.0 Å². The van der Waals surface area contributed by atoms with E-state index in [1.807, 2.05) is 0 Å². The third kappa shape index (κ3) is 6.11. The van der Waals surface area contributed by atoms with Crippen molar-refractivity contribution in [1.29, 1.82) is 0 Å². The van der Waals surface area contributed by atoms with Gasteiger partial charge in [-0.1, -0.05) is 0 Å². The smallest absolute Gasteiger partial charge is 0.506 e. The summed E-state index contributed by atoms with van der Waals surface area (Å²) in [6, 6.07) is 4.60. The molecule has 0 fully saturated rings. The van der Waals surface area contributed by atoms with E-state index < -0.39 is 18.5 Å². The van der Waals surface area contributed by atoms with Gasteiger partial charge in [0.2, 0.25) is 0 Å². The van der Waals surface area contributed by atoms with Crippen LogP contribution in [0, 0.1) is 0 Å². The number of aliphatic hydroxyl groups is 1. The van der Waals surface area contributed by atoms with Gasteiger partial charge in [0.05, 0.1) is 11.3 Å². The molecule has 0 bridgehead atoms. The molecule has 1 aromatic rings. The lowest BCUT2D eigenvalue weighted by molar-refractivity contribution is -0.0906. The topological polar surface area (TPSA) is 136 Å². The molecule has 7 N–H and O–H groups in total. The maximum absolute atomic E-state index is 9.92. The highest BCUT2D eigenvalue weighted by Crippen LogP contribution is 2.31. The van der Waals surface area contributed by atoms with Crippen LogP contribution in [0.25, 0.3) is 0 Å². The standard InChI is InChI=1S/C12H19NO3.BH3O3/c1-11(2,15)12(3,4)16-8-5-6-10(14)9(13)7-8;2-1(3)4/h5-7,14-15H,13H2,1-4H3;2-4H. The summed E-state index contributed by atoms with van der Waals surface area (Å²) in [5.74, 6) is 0.538. The summed E-state index contributed by atoms with van der Waals surface area (Å²) in [5.41, 5.74) is 4.07. The summed E-state index contributed by atoms with van der Waals surface area (Å²) in [4.78, 5) is 0. The quantitative estimate of drug-likeness (QED) is 0.258. The fourth-order valence-electron chi connectivity index (χ4n) is 1.02. The Morgan fingerprint density at radius 1 is 1.10 bits per heavy atom. The van der Waals surface area contributed by atoms with Crippen LogP contribution in [-0.4, -0.2) is 43.8 Å². The fraction of sp³-hybridized carbons (Fsp3) is 0.500. The van der Waals surface area contributed by atoms with Gasteiger partial charge in [0.15, 0.2) is 0 Å². The van der Waals surface area contributed by atoms with E-state index in [1.54, 1.807) is 33.8 Å². The molecule has 1 rings (SSSR count). The Morgan fingerprint density at radius 3 is 1.90 bits per heavy atom. The molecule has 0 aliphatic carbocycles. The Balaban J connectivity index is 0.000000796. The Hall–Kier alpha value is -1.48. The summed E-state index contributed by atoms with van der Waals surface area (Å²) >= 11 is 0. The minimum absolute atomic E-state index is 0.0217. The molecule has 0 heterocycles. The molecule has 20 heavy (non-hydrogen) atoms. The maximum Gasteiger partial charge on any atom is 0.631 e. The van der Waals surface area contributed by atoms with Gasteiger partial charge < -0.3 is 35.8 Å². The van der Waals surface area contributed by atoms with E-state index in [1.165, 1.54) is 12.1 Å². The van der Waals surface area contributed by atoms with E-state index in [0.29, 0.717) is 5.75 Å². The Morgan fingerprint density at radius 2 is 1.55 bits per heavy atom. The number of rotatable bonds is 3. The first-order valence-corrected chi connectivity index (χ1v) is 5.91. The Labute approximate surface area is 118 Å². The molecule has 114 valence electrons. The van der Waals surface area contributed by atoms with Crippen LogP contribution in [0.2, 0.25) is 0 Å². The van der Waals surface area contributed by atoms with Crippen LogP contribution in [0.5, 0.6) is 11.5 Å². The number of ether oxygens (including phenoxy) is 1. The third-order valence-corrected chi connectivity index (χ3v) is 2.85. The number of anilines is 1. The lowest BCUT2D eigenvalue weighted by atomic mass is 9.89. The van der Waals surface area contributed by atoms with Crippen molar-refractivity contribution in [3.8, 4) is 11.5 Å². The zero-order chi connectivity index (χ0) is 16.1. The molecule has 0 amide bonds. The van der Waals surface area contributed by atoms with Crippen molar-refractivity contribution in [2.45, 2.75) is 38.9 Å². The molecule has 0 aromatic heterocycles. The van der Waals surface area contributed by atoms with Gasteiger partial charge in [-0.05, 0) is 39.8 Å². The number of nitrogens with two attached hydrogens (primary N) is 1. The van der Waals surface area contributed by atoms with Gasteiger partial charge in [0, 0.05) is 6.07 Å². The van der Waals surface area contributed by atoms with Crippen LogP contribution in [-0.2, 0) is 0 Å². The van der Waals surface area contributed by atoms with Crippen molar-refractivity contribution in [2.75, 3.05) is 5.73 Å². The predicted octanol–water partition coefficient (Wildman–Crippen LogP) is -0.149. The van der Waals surface area contributed by atoms with Crippen molar-refractivity contribution in [2.24, 2.45) is 0 Å². The molecule has 0 aliphatic rings. The zero-order valence-electron chi connectivity index (χ0n) is 12.0. The van der Waals surface area contributed by atoms with E-state index in [4.69, 9.17) is 25.5 Å². The minimum atomic E-state index is -2.17. The number of aromatic hydroxyl groups is 1. The van der Waals surface area contributed by atoms with Gasteiger partial charge >= 0.3 is 7.32 Å². The maximum atomic E-state index is 9.92. The second-order valence-corrected chi connectivity index (χ2v) is 5.24. The molecule has 0 atom stereocenters. The predicted molar refractivity (Wildman–Crippen MR) is 75.9 cm³/mol. The van der Waals surface area contributed by atoms with Crippen molar-refractivity contribution in [3.63, 3.8) is 0 Å². The summed E-state index contributed by atoms with van der Waals surface area (Å²) in [7, 11) is -2.17. The monoisotopic (exact) mass is 287 g/mol. The van der Waals surface area contributed by atoms with Crippen LogP contribution >= 0.6 is 0 Å². The number of phenols is 1. The van der Waals surface area contributed by atoms with Gasteiger partial charge in [0.25, 0.3) is 0 Å². The van der Waals surface area contributed by atoms with Crippen LogP contribution in [0.1, 0.15) is 27.7 Å². The summed E-state index contributed by atoms with van der Waals surface area (Å²) < 4.78 is 5.66. The van der Waals surface area contributed by atoms with Crippen LogP contribution in [0.4, 0.5) is 5.69 Å². The lowest BCUT2D eigenvalue weighted by Crippen LogP contribution is -2.49. The van der Waals surface area contributed by atoms with E-state index in [9.17, 15) is 10.2 Å². The van der Waals surface area contributed by atoms with Crippen LogP contribution in [0.15, 0.2) is 18.2 Å². The molecular weight excluding hydrogens is 265 g/mol. The Kier molecular flexibility index (Phi) is 6.30. The number of hydrogen-bond donors (Lipinski definition) is 6. The van der Waals surface area contributed by atoms with Gasteiger partial charge in [-0.15, -0.1) is 0 Å². The van der Waals surface area contributed by atoms with E-state index in [0.717, 1.165) is 0 Å². The van der Waals surface area contributed by atoms with Gasteiger partial charge in [-0.3, -0.25) is 0 Å². The molecule has 0 saturated carbocycles. The first-order valence-electron chi connectivity index (χ1n) is 5.91. The third-order valence-electron chi connectivity index (χ3n) is 2.85. The van der Waals surface area contributed by atoms with Crippen LogP contribution < -0.4 is 10.5 Å². The van der Waals surface area contributed by atoms with Gasteiger partial charge in [0.1, 0.15) is 17.1 Å². The molecule has 0 saturated heterocycles. The number of benzene rings is 1. The lowest BCUT2D eigenvalue weighted by Gasteiger charge is -2.37. The molecule has 0 spiro atoms. The second-order valence-electron chi connectivity index (χ2n) is 5.24. The molecular formula is C12H22BNO6. The minimum Gasteiger partial charge on any atom is -0.506 e. The largest absolute Gasteiger partial charge is 0.631 e. The second kappa shape index (κ2) is 6.80. The van der Waals surface area contributed by atoms with E-state index in [2.05, 4.69) is 0 Å².